The molecule has 0 rings (SSSR count). The quantitative estimate of drug-likeness (QED) is 0.572. The lowest BCUT2D eigenvalue weighted by atomic mass is 9.88. The predicted molar refractivity (Wildman–Crippen MR) is 44.8 cm³/mol. The highest BCUT2D eigenvalue weighted by molar-refractivity contribution is 5.75. The molecule has 0 saturated carbocycles. The Morgan fingerprint density at radius 2 is 1.36 bits per heavy atom. The van der Waals surface area contributed by atoms with E-state index in [1.807, 2.05) is 0 Å². The number of hydrogen-bond donors (Lipinski definition) is 3. The maximum atomic E-state index is 10.5. The van der Waals surface area contributed by atoms with Crippen LogP contribution in [0.25, 0.3) is 0 Å². The molecule has 0 aliphatic heterocycles. The van der Waals surface area contributed by atoms with Gasteiger partial charge in [0.1, 0.15) is 0 Å². The van der Waals surface area contributed by atoms with Crippen LogP contribution in [-0.2, 0) is 14.4 Å². The Morgan fingerprint density at radius 1 is 1.00 bits per heavy atom. The summed E-state index contributed by atoms with van der Waals surface area (Å²) in [6.45, 7) is 1.30. The maximum absolute atomic E-state index is 10.5. The van der Waals surface area contributed by atoms with Crippen molar-refractivity contribution in [2.75, 3.05) is 0 Å². The predicted octanol–water partition coefficient (Wildman–Crippen LogP) is 0.273. The number of carboxylic acids is 3. The standard InChI is InChI=1S/C8H12O6/c1-4(8(13)14)5(2-6(9)10)3-7(11)12/h4-5H,2-3H2,1H3,(H,9,10)(H,11,12)(H,13,14). The monoisotopic (exact) mass is 204 g/mol. The molecule has 0 aliphatic rings. The van der Waals surface area contributed by atoms with E-state index in [9.17, 15) is 14.4 Å². The molecule has 1 unspecified atom stereocenters. The van der Waals surface area contributed by atoms with Gasteiger partial charge >= 0.3 is 17.9 Å². The fraction of sp³-hybridized carbons (Fsp3) is 0.625. The third-order valence-corrected chi connectivity index (χ3v) is 1.97. The molecule has 0 amide bonds. The minimum Gasteiger partial charge on any atom is -0.481 e. The van der Waals surface area contributed by atoms with Gasteiger partial charge in [-0.15, -0.1) is 0 Å². The Labute approximate surface area is 80.2 Å². The molecule has 6 nitrogen and oxygen atoms in total. The number of rotatable bonds is 6. The van der Waals surface area contributed by atoms with Crippen LogP contribution in [0.3, 0.4) is 0 Å². The van der Waals surface area contributed by atoms with Crippen LogP contribution in [0.15, 0.2) is 0 Å². The molecule has 1 atom stereocenters. The van der Waals surface area contributed by atoms with Gasteiger partial charge in [-0.3, -0.25) is 14.4 Å². The molecule has 14 heavy (non-hydrogen) atoms. The van der Waals surface area contributed by atoms with Gasteiger partial charge in [-0.2, -0.15) is 0 Å². The van der Waals surface area contributed by atoms with E-state index in [0.29, 0.717) is 0 Å². The van der Waals surface area contributed by atoms with Crippen LogP contribution >= 0.6 is 0 Å². The first-order chi connectivity index (χ1) is 6.34. The molecule has 0 aliphatic carbocycles. The average Bonchev–Trinajstić information content (AvgIpc) is 1.99. The third kappa shape index (κ3) is 4.44. The molecule has 0 fully saturated rings. The lowest BCUT2D eigenvalue weighted by Crippen LogP contribution is -2.25. The van der Waals surface area contributed by atoms with Crippen LogP contribution in [0, 0.1) is 11.8 Å². The van der Waals surface area contributed by atoms with Crippen LogP contribution in [0.2, 0.25) is 0 Å². The van der Waals surface area contributed by atoms with Gasteiger partial charge in [-0.05, 0) is 5.92 Å². The van der Waals surface area contributed by atoms with Crippen LogP contribution in [-0.4, -0.2) is 33.2 Å². The van der Waals surface area contributed by atoms with Crippen molar-refractivity contribution in [1.82, 2.24) is 0 Å². The Bertz CT molecular complexity index is 230. The average molecular weight is 204 g/mol. The van der Waals surface area contributed by atoms with E-state index in [2.05, 4.69) is 0 Å². The van der Waals surface area contributed by atoms with Crippen molar-refractivity contribution in [3.05, 3.63) is 0 Å². The van der Waals surface area contributed by atoms with Gasteiger partial charge in [0.2, 0.25) is 0 Å². The normalized spacial score (nSPS) is 12.4. The lowest BCUT2D eigenvalue weighted by Gasteiger charge is -2.16. The second-order valence-electron chi connectivity index (χ2n) is 3.08. The van der Waals surface area contributed by atoms with Gasteiger partial charge in [-0.1, -0.05) is 6.92 Å². The molecule has 0 radical (unpaired) electrons. The summed E-state index contributed by atoms with van der Waals surface area (Å²) in [5, 5.41) is 25.5. The summed E-state index contributed by atoms with van der Waals surface area (Å²) < 4.78 is 0. The summed E-state index contributed by atoms with van der Waals surface area (Å²) in [6.07, 6.45) is -0.889. The van der Waals surface area contributed by atoms with E-state index in [1.54, 1.807) is 0 Å². The zero-order valence-electron chi connectivity index (χ0n) is 7.64. The molecule has 6 heteroatoms. The Morgan fingerprint density at radius 3 is 1.57 bits per heavy atom. The molecular formula is C8H12O6. The number of carbonyl (C=O) groups is 3. The molecule has 0 aromatic rings. The summed E-state index contributed by atoms with van der Waals surface area (Å²) in [5.41, 5.74) is 0. The summed E-state index contributed by atoms with van der Waals surface area (Å²) >= 11 is 0. The molecule has 0 aromatic heterocycles. The van der Waals surface area contributed by atoms with Crippen LogP contribution in [0.5, 0.6) is 0 Å². The topological polar surface area (TPSA) is 112 Å². The Kier molecular flexibility index (Phi) is 4.62. The first-order valence-corrected chi connectivity index (χ1v) is 4.01. The van der Waals surface area contributed by atoms with E-state index >= 15 is 0 Å². The Hall–Kier alpha value is -1.59. The Balaban J connectivity index is 4.45. The number of aliphatic carboxylic acids is 3. The van der Waals surface area contributed by atoms with Crippen LogP contribution < -0.4 is 0 Å². The highest BCUT2D eigenvalue weighted by Gasteiger charge is 2.27. The SMILES string of the molecule is CC(C(=O)O)C(CC(=O)O)CC(=O)O. The van der Waals surface area contributed by atoms with Gasteiger partial charge < -0.3 is 15.3 Å². The van der Waals surface area contributed by atoms with Gasteiger partial charge in [-0.25, -0.2) is 0 Å². The minimum absolute atomic E-state index is 0.445. The summed E-state index contributed by atoms with van der Waals surface area (Å²) in [7, 11) is 0. The number of hydrogen-bond acceptors (Lipinski definition) is 3. The second kappa shape index (κ2) is 5.21. The van der Waals surface area contributed by atoms with Gasteiger partial charge in [0.15, 0.2) is 0 Å². The van der Waals surface area contributed by atoms with E-state index in [1.165, 1.54) is 6.92 Å². The summed E-state index contributed by atoms with van der Waals surface area (Å²) in [4.78, 5) is 31.2. The summed E-state index contributed by atoms with van der Waals surface area (Å²) in [6, 6.07) is 0. The van der Waals surface area contributed by atoms with Crippen molar-refractivity contribution >= 4 is 17.9 Å². The smallest absolute Gasteiger partial charge is 0.306 e. The molecule has 3 N–H and O–H groups in total. The highest BCUT2D eigenvalue weighted by Crippen LogP contribution is 2.20. The first kappa shape index (κ1) is 12.4. The zero-order valence-corrected chi connectivity index (χ0v) is 7.64. The van der Waals surface area contributed by atoms with Crippen LogP contribution in [0.1, 0.15) is 19.8 Å². The van der Waals surface area contributed by atoms with E-state index < -0.39 is 42.6 Å². The van der Waals surface area contributed by atoms with Crippen LogP contribution in [0.4, 0.5) is 0 Å². The fourth-order valence-electron chi connectivity index (χ4n) is 1.08. The molecular weight excluding hydrogens is 192 g/mol. The third-order valence-electron chi connectivity index (χ3n) is 1.97. The van der Waals surface area contributed by atoms with Crippen molar-refractivity contribution in [3.8, 4) is 0 Å². The molecule has 0 saturated heterocycles. The molecule has 0 heterocycles. The highest BCUT2D eigenvalue weighted by atomic mass is 16.4. The summed E-state index contributed by atoms with van der Waals surface area (Å²) in [5.74, 6) is -5.41. The lowest BCUT2D eigenvalue weighted by molar-refractivity contribution is -0.146. The van der Waals surface area contributed by atoms with E-state index in [0.717, 1.165) is 0 Å². The van der Waals surface area contributed by atoms with Crippen molar-refractivity contribution in [1.29, 1.82) is 0 Å². The molecule has 0 aromatic carbocycles. The molecule has 0 bridgehead atoms. The molecule has 80 valence electrons. The number of carboxylic acid groups (broad SMARTS) is 3. The maximum Gasteiger partial charge on any atom is 0.306 e. The van der Waals surface area contributed by atoms with Gasteiger partial charge in [0, 0.05) is 12.8 Å². The van der Waals surface area contributed by atoms with Gasteiger partial charge in [0.25, 0.3) is 0 Å². The zero-order chi connectivity index (χ0) is 11.3. The van der Waals surface area contributed by atoms with Crippen molar-refractivity contribution in [3.63, 3.8) is 0 Å². The molecule has 0 spiro atoms. The van der Waals surface area contributed by atoms with E-state index in [-0.39, 0.29) is 0 Å². The largest absolute Gasteiger partial charge is 0.481 e. The minimum atomic E-state index is -1.19. The van der Waals surface area contributed by atoms with Crippen molar-refractivity contribution in [2.24, 2.45) is 11.8 Å². The van der Waals surface area contributed by atoms with Gasteiger partial charge in [0.05, 0.1) is 5.92 Å². The van der Waals surface area contributed by atoms with E-state index in [4.69, 9.17) is 15.3 Å². The van der Waals surface area contributed by atoms with Crippen molar-refractivity contribution < 1.29 is 29.7 Å². The fourth-order valence-corrected chi connectivity index (χ4v) is 1.08. The first-order valence-electron chi connectivity index (χ1n) is 4.01. The van der Waals surface area contributed by atoms with Crippen molar-refractivity contribution in [2.45, 2.75) is 19.8 Å². The second-order valence-corrected chi connectivity index (χ2v) is 3.08.